The van der Waals surface area contributed by atoms with Crippen molar-refractivity contribution in [3.63, 3.8) is 0 Å². The van der Waals surface area contributed by atoms with Gasteiger partial charge in [-0.15, -0.1) is 0 Å². The number of carbonyl (C=O) groups is 4. The molecule has 37 heavy (non-hydrogen) atoms. The third kappa shape index (κ3) is 5.31. The molecule has 3 fully saturated rings. The number of nitrogens with one attached hydrogen (secondary N) is 1. The van der Waals surface area contributed by atoms with E-state index in [1.165, 1.54) is 0 Å². The van der Waals surface area contributed by atoms with Gasteiger partial charge in [0.25, 0.3) is 5.91 Å². The Hall–Kier alpha value is -3.10. The summed E-state index contributed by atoms with van der Waals surface area (Å²) in [5.41, 5.74) is 2.26. The number of ether oxygens (including phenoxy) is 1. The van der Waals surface area contributed by atoms with Crippen LogP contribution in [0.3, 0.4) is 0 Å². The van der Waals surface area contributed by atoms with Gasteiger partial charge in [0.2, 0.25) is 11.8 Å². The van der Waals surface area contributed by atoms with E-state index in [2.05, 4.69) is 16.3 Å². The predicted octanol–water partition coefficient (Wildman–Crippen LogP) is 3.31. The fraction of sp³-hybridized carbons (Fsp3) is 0.643. The molecule has 9 heteroatoms. The van der Waals surface area contributed by atoms with Crippen molar-refractivity contribution in [2.45, 2.75) is 77.5 Å². The van der Waals surface area contributed by atoms with E-state index in [4.69, 9.17) is 4.74 Å². The number of anilines is 1. The highest BCUT2D eigenvalue weighted by Crippen LogP contribution is 2.38. The number of fused-ring (bicyclic) bond motifs is 1. The molecule has 3 saturated heterocycles. The molecular weight excluding hydrogens is 472 g/mol. The number of imide groups is 1. The van der Waals surface area contributed by atoms with Crippen molar-refractivity contribution >= 4 is 29.5 Å². The standard InChI is InChI=1S/C28H38N4O5/c1-28(2,3)37-27(36)31-15-11-19(12-16-31)18-9-13-30(14-10-18)22-6-4-5-20-21(22)17-32(26(20)35)23-7-8-24(33)29-25(23)34/h4-6,18-19,23H,7-17H2,1-3H3,(H,29,33,34). The molecule has 0 aliphatic carbocycles. The zero-order valence-corrected chi connectivity index (χ0v) is 22.1. The van der Waals surface area contributed by atoms with Gasteiger partial charge in [0.1, 0.15) is 11.6 Å². The predicted molar refractivity (Wildman–Crippen MR) is 138 cm³/mol. The van der Waals surface area contributed by atoms with Crippen LogP contribution >= 0.6 is 0 Å². The van der Waals surface area contributed by atoms with Gasteiger partial charge < -0.3 is 19.4 Å². The number of likely N-dealkylation sites (tertiary alicyclic amines) is 1. The summed E-state index contributed by atoms with van der Waals surface area (Å²) in [6.07, 6.45) is 4.63. The van der Waals surface area contributed by atoms with E-state index >= 15 is 0 Å². The van der Waals surface area contributed by atoms with Crippen LogP contribution in [0.1, 0.15) is 75.2 Å². The molecule has 0 spiro atoms. The highest BCUT2D eigenvalue weighted by atomic mass is 16.6. The molecule has 0 aromatic heterocycles. The fourth-order valence-corrected chi connectivity index (χ4v) is 6.36. The lowest BCUT2D eigenvalue weighted by Crippen LogP contribution is -2.52. The maximum atomic E-state index is 13.2. The molecule has 4 amide bonds. The van der Waals surface area contributed by atoms with Crippen molar-refractivity contribution in [3.8, 4) is 0 Å². The fourth-order valence-electron chi connectivity index (χ4n) is 6.36. The van der Waals surface area contributed by atoms with Gasteiger partial charge in [-0.05, 0) is 76.8 Å². The number of benzene rings is 1. The van der Waals surface area contributed by atoms with Crippen molar-refractivity contribution < 1.29 is 23.9 Å². The second-order valence-corrected chi connectivity index (χ2v) is 11.8. The Kier molecular flexibility index (Phi) is 6.89. The molecule has 0 saturated carbocycles. The molecule has 4 aliphatic rings. The van der Waals surface area contributed by atoms with Crippen LogP contribution < -0.4 is 10.2 Å². The van der Waals surface area contributed by atoms with Gasteiger partial charge in [-0.1, -0.05) is 6.07 Å². The molecule has 1 aromatic rings. The maximum absolute atomic E-state index is 13.2. The van der Waals surface area contributed by atoms with E-state index in [-0.39, 0.29) is 30.2 Å². The van der Waals surface area contributed by atoms with Gasteiger partial charge in [0.05, 0.1) is 0 Å². The van der Waals surface area contributed by atoms with Crippen molar-refractivity contribution in [1.29, 1.82) is 0 Å². The van der Waals surface area contributed by atoms with Gasteiger partial charge in [-0.25, -0.2) is 4.79 Å². The number of piperidine rings is 3. The summed E-state index contributed by atoms with van der Waals surface area (Å²) < 4.78 is 5.54. The quantitative estimate of drug-likeness (QED) is 0.627. The average Bonchev–Trinajstić information content (AvgIpc) is 3.19. The summed E-state index contributed by atoms with van der Waals surface area (Å²) in [7, 11) is 0. The van der Waals surface area contributed by atoms with Crippen LogP contribution in [-0.2, 0) is 20.9 Å². The van der Waals surface area contributed by atoms with E-state index in [9.17, 15) is 19.2 Å². The summed E-state index contributed by atoms with van der Waals surface area (Å²) in [5, 5.41) is 2.38. The van der Waals surface area contributed by atoms with E-state index < -0.39 is 11.6 Å². The summed E-state index contributed by atoms with van der Waals surface area (Å²) in [4.78, 5) is 55.4. The minimum absolute atomic E-state index is 0.127. The van der Waals surface area contributed by atoms with Gasteiger partial charge in [-0.2, -0.15) is 0 Å². The molecule has 200 valence electrons. The van der Waals surface area contributed by atoms with Crippen LogP contribution in [0, 0.1) is 11.8 Å². The molecule has 5 rings (SSSR count). The Bertz CT molecular complexity index is 1080. The molecule has 4 aliphatic heterocycles. The van der Waals surface area contributed by atoms with Crippen LogP contribution in [0.4, 0.5) is 10.5 Å². The van der Waals surface area contributed by atoms with Crippen LogP contribution in [0.5, 0.6) is 0 Å². The van der Waals surface area contributed by atoms with E-state index in [0.717, 1.165) is 63.1 Å². The van der Waals surface area contributed by atoms with Gasteiger partial charge in [-0.3, -0.25) is 19.7 Å². The van der Waals surface area contributed by atoms with Gasteiger partial charge in [0.15, 0.2) is 0 Å². The van der Waals surface area contributed by atoms with Crippen molar-refractivity contribution in [2.24, 2.45) is 11.8 Å². The number of carbonyl (C=O) groups excluding carboxylic acids is 4. The molecule has 1 atom stereocenters. The first kappa shape index (κ1) is 25.5. The second-order valence-electron chi connectivity index (χ2n) is 11.8. The van der Waals surface area contributed by atoms with Gasteiger partial charge in [0, 0.05) is 56.0 Å². The van der Waals surface area contributed by atoms with Crippen molar-refractivity contribution in [2.75, 3.05) is 31.1 Å². The zero-order chi connectivity index (χ0) is 26.3. The first-order valence-corrected chi connectivity index (χ1v) is 13.6. The third-order valence-electron chi connectivity index (χ3n) is 8.30. The number of rotatable bonds is 3. The van der Waals surface area contributed by atoms with Crippen LogP contribution in [0.25, 0.3) is 0 Å². The zero-order valence-electron chi connectivity index (χ0n) is 22.1. The first-order valence-electron chi connectivity index (χ1n) is 13.6. The third-order valence-corrected chi connectivity index (χ3v) is 8.30. The summed E-state index contributed by atoms with van der Waals surface area (Å²) in [6, 6.07) is 5.26. The molecular formula is C28H38N4O5. The lowest BCUT2D eigenvalue weighted by Gasteiger charge is -2.41. The molecule has 9 nitrogen and oxygen atoms in total. The van der Waals surface area contributed by atoms with Crippen LogP contribution in [-0.4, -0.2) is 71.4 Å². The molecule has 1 aromatic carbocycles. The van der Waals surface area contributed by atoms with E-state index in [0.29, 0.717) is 30.4 Å². The molecule has 4 heterocycles. The number of amides is 4. The second kappa shape index (κ2) is 9.99. The Labute approximate surface area is 218 Å². The normalized spacial score (nSPS) is 23.8. The van der Waals surface area contributed by atoms with Gasteiger partial charge >= 0.3 is 6.09 Å². The minimum Gasteiger partial charge on any atom is -0.444 e. The van der Waals surface area contributed by atoms with Crippen LogP contribution in [0.2, 0.25) is 0 Å². The summed E-state index contributed by atoms with van der Waals surface area (Å²) in [5.74, 6) is 0.474. The Morgan fingerprint density at radius 3 is 2.22 bits per heavy atom. The minimum atomic E-state index is -0.595. The van der Waals surface area contributed by atoms with Crippen LogP contribution in [0.15, 0.2) is 18.2 Å². The number of hydrogen-bond acceptors (Lipinski definition) is 6. The lowest BCUT2D eigenvalue weighted by atomic mass is 9.78. The monoisotopic (exact) mass is 510 g/mol. The molecule has 0 bridgehead atoms. The van der Waals surface area contributed by atoms with E-state index in [1.54, 1.807) is 4.90 Å². The van der Waals surface area contributed by atoms with Crippen molar-refractivity contribution in [1.82, 2.24) is 15.1 Å². The smallest absolute Gasteiger partial charge is 0.410 e. The summed E-state index contributed by atoms with van der Waals surface area (Å²) >= 11 is 0. The molecule has 1 unspecified atom stereocenters. The Balaban J connectivity index is 1.18. The highest BCUT2D eigenvalue weighted by molar-refractivity contribution is 6.06. The SMILES string of the molecule is CC(C)(C)OC(=O)N1CCC(C2CCN(c3cccc4c3CN(C3CCC(=O)NC3=O)C4=O)CC2)CC1. The maximum Gasteiger partial charge on any atom is 0.410 e. The largest absolute Gasteiger partial charge is 0.444 e. The van der Waals surface area contributed by atoms with E-state index in [1.807, 2.05) is 37.8 Å². The number of nitrogens with zero attached hydrogens (tertiary/aromatic N) is 3. The Morgan fingerprint density at radius 1 is 0.946 bits per heavy atom. The molecule has 1 N–H and O–H groups in total. The highest BCUT2D eigenvalue weighted by Gasteiger charge is 2.41. The number of hydrogen-bond donors (Lipinski definition) is 1. The summed E-state index contributed by atoms with van der Waals surface area (Å²) in [6.45, 7) is 9.47. The lowest BCUT2D eigenvalue weighted by molar-refractivity contribution is -0.136. The van der Waals surface area contributed by atoms with Crippen molar-refractivity contribution in [3.05, 3.63) is 29.3 Å². The molecule has 0 radical (unpaired) electrons. The topological polar surface area (TPSA) is 99.3 Å². The average molecular weight is 511 g/mol. The first-order chi connectivity index (χ1) is 17.6. The Morgan fingerprint density at radius 2 is 1.59 bits per heavy atom.